The third kappa shape index (κ3) is 19.8. The summed E-state index contributed by atoms with van der Waals surface area (Å²) in [6.07, 6.45) is 18.7. The van der Waals surface area contributed by atoms with E-state index >= 15 is 0 Å². The van der Waals surface area contributed by atoms with Gasteiger partial charge >= 0.3 is 0 Å². The van der Waals surface area contributed by atoms with Gasteiger partial charge in [-0.05, 0) is 162 Å². The van der Waals surface area contributed by atoms with Crippen LogP contribution in [0.2, 0.25) is 0 Å². The van der Waals surface area contributed by atoms with Crippen molar-refractivity contribution in [2.75, 3.05) is 142 Å². The molecule has 31 heteroatoms. The number of H-pyrrole nitrogens is 5. The standard InChI is InChI=1S/C25H26N4O2.C22H20N4O2.C22H21N3O4.C22H19N3O3.C20H17N3O3/c1-30-23-13-19-21(14-24(23)31-11-5-10-29-8-3-2-4-9-29)27-16-20-18-7-6-17(15-26)12-22(18)28-25(19)20;1-27-20-9-16-18(10-21(20)28-14-4-6-24-7-5-14)25-12-17-15-3-2-13(11-23)8-19(15)26-22(16)17;1-26-5-6-28-7-8-29-21-11-18-16(10-20(21)27-2)22-17(13-24-18)15-4-3-14(12-23)9-19(15)25-22;1-26-20-8-16-18(9-21(20)28-12-14-3-2-6-27-14)24-11-17-15-5-4-13(10-23)7-19(15)25-22(16)17;1-24-5-6-26-19-9-16-14(8-18(19)25-2)20-15(11-22-16)13-4-3-12(10-21)7-17(13)23-20/h6-7,12-14,16,28H,2-5,8-11H2,1H3;2-3,8-10,12,14,24,26H,4-7H2,1H3;3-4,9-11,13,25H,5-8H2,1-2H3;4-5,7-9,11,14,25H,2-3,6,12H2,1H3;3-4,7-9,11,23H,5-6H2,1-2H3. The number of fused-ring (bicyclic) bond motifs is 25. The monoisotopic (exact) mass is 1900 g/mol. The van der Waals surface area contributed by atoms with Gasteiger partial charge < -0.3 is 101 Å². The third-order valence-corrected chi connectivity index (χ3v) is 26.1. The van der Waals surface area contributed by atoms with Crippen LogP contribution in [0.15, 0.2) is 183 Å². The molecule has 0 spiro atoms. The summed E-state index contributed by atoms with van der Waals surface area (Å²) < 4.78 is 78.8. The molecule has 0 aliphatic carbocycles. The summed E-state index contributed by atoms with van der Waals surface area (Å²) in [5.74, 6) is 6.71. The van der Waals surface area contributed by atoms with E-state index in [1.54, 1.807) is 49.8 Å². The molecule has 0 radical (unpaired) electrons. The minimum Gasteiger partial charge on any atom is -0.493 e. The first kappa shape index (κ1) is 94.4. The molecule has 716 valence electrons. The first-order valence-corrected chi connectivity index (χ1v) is 47.2. The van der Waals surface area contributed by atoms with Crippen molar-refractivity contribution < 1.29 is 66.3 Å². The van der Waals surface area contributed by atoms with E-state index in [2.05, 4.69) is 90.4 Å². The predicted octanol–water partition coefficient (Wildman–Crippen LogP) is 20.8. The number of nitrogens with zero attached hydrogens (tertiary/aromatic N) is 11. The summed E-state index contributed by atoms with van der Waals surface area (Å²) in [6, 6.07) is 58.4. The fourth-order valence-corrected chi connectivity index (χ4v) is 18.9. The van der Waals surface area contributed by atoms with Crippen molar-refractivity contribution in [3.63, 3.8) is 0 Å². The second-order valence-electron chi connectivity index (χ2n) is 34.7. The number of methoxy groups -OCH3 is 7. The molecule has 20 aromatic rings. The van der Waals surface area contributed by atoms with Crippen LogP contribution in [0.4, 0.5) is 0 Å². The van der Waals surface area contributed by atoms with E-state index in [4.69, 9.17) is 87.4 Å². The molecule has 10 aromatic heterocycles. The molecule has 3 fully saturated rings. The van der Waals surface area contributed by atoms with E-state index in [1.807, 2.05) is 183 Å². The van der Waals surface area contributed by atoms with Gasteiger partial charge in [0.1, 0.15) is 25.9 Å². The summed E-state index contributed by atoms with van der Waals surface area (Å²) in [5, 5.41) is 64.2. The van der Waals surface area contributed by atoms with E-state index < -0.39 is 0 Å². The molecule has 0 bridgehead atoms. The largest absolute Gasteiger partial charge is 0.493 e. The van der Waals surface area contributed by atoms with Crippen molar-refractivity contribution in [1.82, 2.24) is 60.1 Å². The van der Waals surface area contributed by atoms with Crippen LogP contribution in [0.5, 0.6) is 57.5 Å². The van der Waals surface area contributed by atoms with Crippen LogP contribution in [0.1, 0.15) is 79.2 Å². The molecule has 1 unspecified atom stereocenters. The lowest BCUT2D eigenvalue weighted by molar-refractivity contribution is 0.0540. The highest BCUT2D eigenvalue weighted by Crippen LogP contribution is 2.45. The Kier molecular flexibility index (Phi) is 28.8. The van der Waals surface area contributed by atoms with Crippen LogP contribution in [0.25, 0.3) is 164 Å². The Morgan fingerprint density at radius 2 is 0.641 bits per heavy atom. The predicted molar refractivity (Wildman–Crippen MR) is 549 cm³/mol. The number of ether oxygens (including phenoxy) is 14. The zero-order valence-electron chi connectivity index (χ0n) is 79.7. The highest BCUT2D eigenvalue weighted by atomic mass is 16.6. The number of aromatic amines is 5. The molecule has 3 aliphatic heterocycles. The number of hydrogen-bond donors (Lipinski definition) is 6. The number of likely N-dealkylation sites (tertiary alicyclic amines) is 1. The number of piperidine rings is 2. The summed E-state index contributed by atoms with van der Waals surface area (Å²) >= 11 is 0. The lowest BCUT2D eigenvalue weighted by Gasteiger charge is -2.26. The van der Waals surface area contributed by atoms with Crippen molar-refractivity contribution in [3.05, 3.63) is 210 Å². The first-order valence-electron chi connectivity index (χ1n) is 47.2. The van der Waals surface area contributed by atoms with Gasteiger partial charge in [-0.1, -0.05) is 36.8 Å². The maximum atomic E-state index is 9.20. The van der Waals surface area contributed by atoms with Crippen molar-refractivity contribution in [3.8, 4) is 87.8 Å². The Morgan fingerprint density at radius 1 is 0.324 bits per heavy atom. The topological polar surface area (TPSA) is 407 Å². The van der Waals surface area contributed by atoms with Gasteiger partial charge in [-0.25, -0.2) is 0 Å². The molecule has 23 rings (SSSR count). The van der Waals surface area contributed by atoms with Crippen molar-refractivity contribution in [2.24, 2.45) is 0 Å². The van der Waals surface area contributed by atoms with E-state index in [1.165, 1.54) is 32.4 Å². The lowest BCUT2D eigenvalue weighted by atomic mass is 10.1. The quantitative estimate of drug-likeness (QED) is 0.0274. The summed E-state index contributed by atoms with van der Waals surface area (Å²) in [7, 11) is 11.5. The fraction of sp³-hybridized carbons (Fsp3) is 0.279. The van der Waals surface area contributed by atoms with Crippen LogP contribution >= 0.6 is 0 Å². The maximum absolute atomic E-state index is 9.20. The van der Waals surface area contributed by atoms with Crippen LogP contribution in [0.3, 0.4) is 0 Å². The fourth-order valence-electron chi connectivity index (χ4n) is 18.9. The highest BCUT2D eigenvalue weighted by molar-refractivity contribution is 6.21. The summed E-state index contributed by atoms with van der Waals surface area (Å²) in [5.41, 5.74) is 16.7. The number of nitriles is 5. The Hall–Kier alpha value is -16.5. The van der Waals surface area contributed by atoms with Gasteiger partial charge in [0.2, 0.25) is 0 Å². The molecule has 31 nitrogen and oxygen atoms in total. The highest BCUT2D eigenvalue weighted by Gasteiger charge is 2.25. The maximum Gasteiger partial charge on any atom is 0.163 e. The molecule has 0 saturated carbocycles. The van der Waals surface area contributed by atoms with Gasteiger partial charge in [-0.15, -0.1) is 0 Å². The number of pyridine rings is 5. The minimum atomic E-state index is 0.138. The smallest absolute Gasteiger partial charge is 0.163 e. The van der Waals surface area contributed by atoms with Crippen LogP contribution in [-0.4, -0.2) is 209 Å². The van der Waals surface area contributed by atoms with E-state index in [0.717, 1.165) is 233 Å². The second-order valence-corrected chi connectivity index (χ2v) is 34.7. The SMILES string of the molecule is COCCOCCOc1cc2ncc3c4ccc(C#N)cc4[nH]c3c2cc1OC.COCCOc1cc2ncc3c4ccc(C#N)cc4[nH]c3c2cc1OC.COc1cc2c(cc1OC1CCNCC1)ncc1c3ccc(C#N)cc3[nH]c21.COc1cc2c(cc1OCC1CCCO1)ncc1c3ccc(C#N)cc3[nH]c21.COc1cc2c(cc1OCCCN1CCCCC1)ncc1c3ccc(C#N)cc3[nH]c21. The van der Waals surface area contributed by atoms with Crippen LogP contribution in [0, 0.1) is 56.7 Å². The zero-order chi connectivity index (χ0) is 97.7. The van der Waals surface area contributed by atoms with Crippen molar-refractivity contribution in [2.45, 2.75) is 63.6 Å². The molecule has 3 saturated heterocycles. The van der Waals surface area contributed by atoms with Gasteiger partial charge in [0.05, 0.1) is 188 Å². The Bertz CT molecular complexity index is 8370. The molecule has 0 amide bonds. The number of rotatable bonds is 26. The third-order valence-electron chi connectivity index (χ3n) is 26.1. The molecule has 6 N–H and O–H groups in total. The summed E-state index contributed by atoms with van der Waals surface area (Å²) in [6.45, 7) is 10.3. The Balaban J connectivity index is 0.000000113. The second kappa shape index (κ2) is 43.2. The van der Waals surface area contributed by atoms with Crippen LogP contribution in [-0.2, 0) is 18.9 Å². The molecule has 10 aromatic carbocycles. The van der Waals surface area contributed by atoms with E-state index in [9.17, 15) is 5.26 Å². The number of benzene rings is 10. The Morgan fingerprint density at radius 3 is 0.972 bits per heavy atom. The first-order chi connectivity index (χ1) is 69.8. The molecule has 3 aliphatic rings. The van der Waals surface area contributed by atoms with E-state index in [-0.39, 0.29) is 12.2 Å². The number of nitrogens with one attached hydrogen (secondary N) is 6. The lowest BCUT2D eigenvalue weighted by Crippen LogP contribution is -2.34. The summed E-state index contributed by atoms with van der Waals surface area (Å²) in [4.78, 5) is 42.9. The van der Waals surface area contributed by atoms with E-state index in [0.29, 0.717) is 127 Å². The normalized spacial score (nSPS) is 13.8. The Labute approximate surface area is 815 Å². The average molecular weight is 1900 g/mol. The zero-order valence-corrected chi connectivity index (χ0v) is 79.7. The molecular formula is C111H103N17O14. The van der Waals surface area contributed by atoms with Gasteiger partial charge in [0.25, 0.3) is 0 Å². The molecule has 13 heterocycles. The average Bonchev–Trinajstić information content (AvgIpc) is 1.59. The number of hydrogen-bond acceptors (Lipinski definition) is 26. The molecule has 1 atom stereocenters. The van der Waals surface area contributed by atoms with Crippen molar-refractivity contribution >= 4 is 164 Å². The molecule has 142 heavy (non-hydrogen) atoms. The van der Waals surface area contributed by atoms with Gasteiger partial charge in [0.15, 0.2) is 57.5 Å². The van der Waals surface area contributed by atoms with Gasteiger partial charge in [-0.3, -0.25) is 24.9 Å². The van der Waals surface area contributed by atoms with Gasteiger partial charge in [-0.2, -0.15) is 26.3 Å². The molecular weight excluding hydrogens is 1800 g/mol. The minimum absolute atomic E-state index is 0.138. The van der Waals surface area contributed by atoms with Gasteiger partial charge in [0, 0.05) is 197 Å². The van der Waals surface area contributed by atoms with Crippen molar-refractivity contribution in [1.29, 1.82) is 26.3 Å². The number of aromatic nitrogens is 10. The van der Waals surface area contributed by atoms with Crippen LogP contribution < -0.4 is 52.7 Å².